The monoisotopic (exact) mass is 2290 g/mol. The van der Waals surface area contributed by atoms with Gasteiger partial charge in [-0.1, -0.05) is 100 Å². The second-order valence-corrected chi connectivity index (χ2v) is 34.8. The number of hydrogen-bond donors (Lipinski definition) is 14. The summed E-state index contributed by atoms with van der Waals surface area (Å²) in [6.45, 7) is 20.3. The first-order valence-electron chi connectivity index (χ1n) is 37.0. The molecule has 0 spiro atoms. The average Bonchev–Trinajstić information content (AvgIpc) is 1.64. The summed E-state index contributed by atoms with van der Waals surface area (Å²) in [6.07, 6.45) is -2.37. The summed E-state index contributed by atoms with van der Waals surface area (Å²) in [4.78, 5) is 36.5. The van der Waals surface area contributed by atoms with Crippen molar-refractivity contribution in [3.8, 4) is 0 Å². The summed E-state index contributed by atoms with van der Waals surface area (Å²) in [5, 5.41) is 34.4. The fourth-order valence-electron chi connectivity index (χ4n) is 8.32. The molecule has 21 N–H and O–H groups in total. The molecule has 11 rings (SSSR count). The maximum Gasteiger partial charge on any atom is 1.00 e. The summed E-state index contributed by atoms with van der Waals surface area (Å²) in [6, 6.07) is 35.4. The van der Waals surface area contributed by atoms with E-state index >= 15 is 0 Å². The number of nitrogens with zero attached hydrogens (tertiary/aromatic N) is 11. The topological polar surface area (TPSA) is 689 Å². The molecule has 0 saturated heterocycles. The van der Waals surface area contributed by atoms with Gasteiger partial charge in [0.2, 0.25) is 40.8 Å². The number of hydrogen-bond acceptors (Lipinski definition) is 33. The van der Waals surface area contributed by atoms with E-state index in [0.717, 1.165) is 71.3 Å². The average molecular weight is 2290 g/mol. The van der Waals surface area contributed by atoms with E-state index < -0.39 is 128 Å². The molecule has 762 valence electrons. The third-order valence-electron chi connectivity index (χ3n) is 14.4. The zero-order valence-electron chi connectivity index (χ0n) is 77.2. The standard InChI is InChI=1S/C15H11F2N5O4S.C13H15N5O3S2.C8H9N5O3S.C7H3ClF2O.C7H5NO3S2.C6H10N4.C6H7NO3S.2C6H4.CCl2S.4CH4.2B6.FH.H4N2.3Na/c16-10-2-1-3-11(17)12(10)13(23)22-14(18)20-15(21-22)19-8-4-6-9(7-5-8)27(24,25)26;1-8-7-9(2)18(17-8)12(14)16-13(22)15-10-3-5-11(6-4-10)23(19,20)21;9-7-11-8(13-12-7)10-5-1-3-6(4-2-5)17(14,15)16;8-7(11)6-4(9)2-1-3-5(6)10;9-13(10,11)7-3-1-6(2-4-7)8-5-12;1-4-3-5(2)10(9-4)6(7)8;7-5-1-3-6(4-2-5)11(8,9)10;2*1-3-5-6-4-2;2-1(3)4;;;;;2*1-5(2)6(3)4;;1-2;;;/h1-7H,(H,24,25,26)(H3,18,19,20,21);3-7H,1-2H3,(H,19,20,21)(H3,14,15,16,22);1-4H,(H,14,15,16)(H4,9,10,11,12,13);1-3H;1-4H,(H,9,10,11);3H,1-2H3,(H3,7,8);1-4H,7H2,(H,8,9,10);2*1-2H2;;4*1H4;;;1H;1-2H2;;;/q;;;;;;;;;;;;;;;;;;3*+1/p-3. The number of nitrogens with two attached hydrogens (primary N) is 7. The van der Waals surface area contributed by atoms with Gasteiger partial charge in [-0.2, -0.15) is 51.7 Å². The number of rotatable bonds is 15. The summed E-state index contributed by atoms with van der Waals surface area (Å²) < 4.78 is 212. The maximum absolute atomic E-state index is 13.8. The van der Waals surface area contributed by atoms with Gasteiger partial charge in [0.15, 0.2) is 3.78 Å². The van der Waals surface area contributed by atoms with Crippen molar-refractivity contribution >= 4 is 299 Å². The molecule has 0 aliphatic rings. The smallest absolute Gasteiger partial charge is 0.744 e. The number of carbonyl (C=O) groups is 2. The SMILES string of the molecule is C.C.C.C.C=C=C=C=C=C.C=C=C=C=C=C.Cc1cc(C)n(C(=N)N)n1.Cc1cc(C)n(C(N)=NC(=S)Nc2ccc(S(=O)(=O)[O-])cc2)n1.F.NN.Nc1ccc(S(=O)(=O)[O-])cc1.Nc1nc(Nc2ccc(S(=O)(=O)O)cc2)n[nH]1.Nc1nc(Nc2ccc(S(=O)(=O)O)cc2)nn1C(=O)c1c(F)cccc1F.O=C(Cl)c1c(F)cccc1F.O=S(=O)([O-])c1ccc(N=C=S)cc1.S=C(Cl)Cl.[B]B([B])B([B])[B].[B]B([B])B([B])[B].[Na+].[Na+].[Na+]. The van der Waals surface area contributed by atoms with Crippen LogP contribution in [0.1, 0.15) is 73.2 Å². The molecule has 0 saturated carbocycles. The van der Waals surface area contributed by atoms with Crippen LogP contribution in [0.4, 0.5) is 74.5 Å². The summed E-state index contributed by atoms with van der Waals surface area (Å²) in [5.74, 6) is 2.73. The van der Waals surface area contributed by atoms with Crippen molar-refractivity contribution < 1.29 is 185 Å². The molecule has 150 heavy (non-hydrogen) atoms. The van der Waals surface area contributed by atoms with E-state index in [9.17, 15) is 82.9 Å². The Hall–Kier alpha value is -10.2. The van der Waals surface area contributed by atoms with Crippen LogP contribution in [0.5, 0.6) is 0 Å². The normalized spacial score (nSPS) is 9.39. The number of anilines is 8. The van der Waals surface area contributed by atoms with Crippen molar-refractivity contribution in [1.82, 2.24) is 49.5 Å². The summed E-state index contributed by atoms with van der Waals surface area (Å²) in [7, 11) is 18.0. The number of aromatic nitrogens is 10. The third-order valence-corrected chi connectivity index (χ3v) is 19.1. The number of aromatic amines is 1. The number of hydrazine groups is 1. The number of nitrogens with one attached hydrogen (secondary N) is 5. The quantitative estimate of drug-likeness (QED) is 0.00540. The summed E-state index contributed by atoms with van der Waals surface area (Å²) in [5.41, 5.74) is 50.4. The number of aryl methyl sites for hydroxylation is 4. The van der Waals surface area contributed by atoms with E-state index in [1.807, 2.05) is 39.8 Å². The van der Waals surface area contributed by atoms with E-state index in [-0.39, 0.29) is 186 Å². The molecule has 71 heteroatoms. The van der Waals surface area contributed by atoms with Gasteiger partial charge in [-0.05, 0) is 271 Å². The van der Waals surface area contributed by atoms with E-state index in [1.54, 1.807) is 0 Å². The minimum absolute atomic E-state index is 0. The molecule has 40 nitrogen and oxygen atoms in total. The molecule has 0 aliphatic heterocycles. The molecule has 0 fully saturated rings. The van der Waals surface area contributed by atoms with Crippen molar-refractivity contribution in [3.05, 3.63) is 299 Å². The molecule has 16 radical (unpaired) electrons. The fourth-order valence-corrected chi connectivity index (χ4v) is 11.2. The van der Waals surface area contributed by atoms with Crippen LogP contribution in [0.15, 0.2) is 276 Å². The number of H-pyrrole nitrogens is 1. The van der Waals surface area contributed by atoms with E-state index in [1.165, 1.54) is 119 Å². The second kappa shape index (κ2) is 81.5. The first kappa shape index (κ1) is 160. The van der Waals surface area contributed by atoms with E-state index in [0.29, 0.717) is 33.1 Å². The van der Waals surface area contributed by atoms with Crippen LogP contribution in [-0.4, -0.2) is 239 Å². The van der Waals surface area contributed by atoms with Gasteiger partial charge in [0.25, 0.3) is 31.4 Å². The number of halogens is 8. The van der Waals surface area contributed by atoms with Crippen molar-refractivity contribution in [3.63, 3.8) is 0 Å². The zero-order valence-corrected chi connectivity index (χ0v) is 92.0. The molecule has 7 aromatic carbocycles. The maximum atomic E-state index is 13.8. The van der Waals surface area contributed by atoms with E-state index in [2.05, 4.69) is 175 Å². The Balaban J connectivity index is -0.000000184. The number of thiocarbonyl (C=S) groups is 3. The van der Waals surface area contributed by atoms with Gasteiger partial charge < -0.3 is 58.3 Å². The molecule has 0 atom stereocenters. The Morgan fingerprint density at radius 2 is 0.807 bits per heavy atom. The largest absolute Gasteiger partial charge is 1.00 e. The molecule has 0 bridgehead atoms. The number of isothiocyanates is 1. The minimum Gasteiger partial charge on any atom is -0.744 e. The molecular weight excluding hydrogens is 2200 g/mol. The minimum atomic E-state index is -4.48. The molecule has 0 amide bonds. The van der Waals surface area contributed by atoms with Crippen molar-refractivity contribution in [1.29, 1.82) is 5.41 Å². The van der Waals surface area contributed by atoms with Crippen LogP contribution in [-0.2, 0) is 50.6 Å². The van der Waals surface area contributed by atoms with Gasteiger partial charge in [0, 0.05) is 122 Å². The number of carbonyl (C=O) groups excluding carboxylic acids is 2. The molecule has 0 aliphatic carbocycles. The number of benzene rings is 7. The second-order valence-electron chi connectivity index (χ2n) is 25.1. The van der Waals surface area contributed by atoms with Crippen LogP contribution in [0.2, 0.25) is 0 Å². The van der Waals surface area contributed by atoms with Gasteiger partial charge in [-0.25, -0.2) is 57.3 Å². The Morgan fingerprint density at radius 1 is 0.500 bits per heavy atom. The van der Waals surface area contributed by atoms with Gasteiger partial charge in [-0.3, -0.25) is 40.5 Å². The summed E-state index contributed by atoms with van der Waals surface area (Å²) >= 11 is 27.9. The molecule has 4 aromatic heterocycles. The van der Waals surface area contributed by atoms with Gasteiger partial charge >= 0.3 is 88.7 Å². The first-order valence-corrected chi connectivity index (χ1v) is 46.5. The predicted molar refractivity (Wildman–Crippen MR) is 585 cm³/mol. The van der Waals surface area contributed by atoms with Gasteiger partial charge in [0.1, 0.15) is 64.8 Å². The first-order chi connectivity index (χ1) is 65.9. The number of nitrogen functional groups attached to an aromatic ring is 4. The Morgan fingerprint density at radius 3 is 1.07 bits per heavy atom. The van der Waals surface area contributed by atoms with Crippen LogP contribution in [0.3, 0.4) is 0 Å². The number of aliphatic imine (C=N–C) groups is 2. The Kier molecular flexibility index (Phi) is 86.9. The van der Waals surface area contributed by atoms with Gasteiger partial charge in [-0.15, -0.1) is 10.2 Å². The predicted octanol–water partition coefficient (Wildman–Crippen LogP) is -0.206. The fraction of sp³-hybridized carbons (Fsp3) is 0.101. The molecular formula is C79H86B12Cl3F5N23Na3O17S8. The Labute approximate surface area is 976 Å². The molecule has 4 heterocycles. The van der Waals surface area contributed by atoms with Crippen LogP contribution in [0.25, 0.3) is 0 Å². The Bertz CT molecular complexity index is 7030. The molecule has 0 unspecified atom stereocenters. The van der Waals surface area contributed by atoms with Crippen molar-refractivity contribution in [2.24, 2.45) is 33.1 Å². The van der Waals surface area contributed by atoms with Crippen molar-refractivity contribution in [2.75, 3.05) is 33.2 Å². The van der Waals surface area contributed by atoms with Crippen molar-refractivity contribution in [2.45, 2.75) is 81.9 Å². The third kappa shape index (κ3) is 67.3. The van der Waals surface area contributed by atoms with Gasteiger partial charge in [0.05, 0.1) is 46.7 Å². The molecule has 11 aromatic rings. The van der Waals surface area contributed by atoms with Crippen LogP contribution in [0, 0.1) is 56.4 Å². The van der Waals surface area contributed by atoms with Crippen LogP contribution >= 0.6 is 71.5 Å². The van der Waals surface area contributed by atoms with Crippen LogP contribution < -0.4 is 145 Å². The van der Waals surface area contributed by atoms with E-state index in [4.69, 9.17) is 152 Å². The zero-order chi connectivity index (χ0) is 110.